The van der Waals surface area contributed by atoms with Crippen molar-refractivity contribution in [1.29, 1.82) is 5.26 Å². The highest BCUT2D eigenvalue weighted by molar-refractivity contribution is 6.32. The van der Waals surface area contributed by atoms with E-state index < -0.39 is 6.04 Å². The fourth-order valence-electron chi connectivity index (χ4n) is 3.56. The lowest BCUT2D eigenvalue weighted by atomic mass is 10.1. The Bertz CT molecular complexity index is 1150. The minimum atomic E-state index is -0.516. The number of hydrogen-bond donors (Lipinski definition) is 2. The lowest BCUT2D eigenvalue weighted by Crippen LogP contribution is -2.33. The fourth-order valence-corrected chi connectivity index (χ4v) is 3.76. The van der Waals surface area contributed by atoms with E-state index in [-0.39, 0.29) is 5.91 Å². The molecule has 9 nitrogen and oxygen atoms in total. The van der Waals surface area contributed by atoms with Gasteiger partial charge in [0.2, 0.25) is 5.95 Å². The fraction of sp³-hybridized carbons (Fsp3) is 0.348. The van der Waals surface area contributed by atoms with Crippen LogP contribution in [-0.4, -0.2) is 44.9 Å². The summed E-state index contributed by atoms with van der Waals surface area (Å²) in [4.78, 5) is 21.1. The van der Waals surface area contributed by atoms with Gasteiger partial charge in [-0.2, -0.15) is 10.4 Å². The molecule has 1 fully saturated rings. The number of aromatic nitrogens is 4. The molecule has 4 rings (SSSR count). The second kappa shape index (κ2) is 10.4. The van der Waals surface area contributed by atoms with Gasteiger partial charge in [-0.15, -0.1) is 0 Å². The van der Waals surface area contributed by atoms with Crippen LogP contribution in [0.1, 0.15) is 42.6 Å². The Morgan fingerprint density at radius 1 is 1.30 bits per heavy atom. The summed E-state index contributed by atoms with van der Waals surface area (Å²) in [5, 5.41) is 19.7. The summed E-state index contributed by atoms with van der Waals surface area (Å²) < 4.78 is 7.36. The molecule has 1 aromatic carbocycles. The van der Waals surface area contributed by atoms with Gasteiger partial charge in [-0.1, -0.05) is 30.7 Å². The molecule has 2 N–H and O–H groups in total. The third-order valence-electron chi connectivity index (χ3n) is 5.46. The Labute approximate surface area is 196 Å². The molecule has 170 valence electrons. The van der Waals surface area contributed by atoms with Gasteiger partial charge in [-0.3, -0.25) is 9.48 Å². The standard InChI is InChI=1S/C23H24ClN7O2/c1-2-17(11-25)28-22(32)16-5-3-15(4-6-16)21-20(24)13-26-23(30-21)29-18-12-27-31(14-18)19-7-9-33-10-8-19/h3-6,12-14,17,19H,2,7-10H2,1H3,(H,28,32)(H,26,29,30). The lowest BCUT2D eigenvalue weighted by molar-refractivity contribution is 0.0662. The van der Waals surface area contributed by atoms with Gasteiger partial charge in [0.15, 0.2) is 0 Å². The Morgan fingerprint density at radius 2 is 2.06 bits per heavy atom. The van der Waals surface area contributed by atoms with Crippen molar-refractivity contribution >= 4 is 29.1 Å². The molecular weight excluding hydrogens is 442 g/mol. The highest BCUT2D eigenvalue weighted by atomic mass is 35.5. The number of halogens is 1. The van der Waals surface area contributed by atoms with Gasteiger partial charge in [0.1, 0.15) is 6.04 Å². The minimum Gasteiger partial charge on any atom is -0.381 e. The maximum absolute atomic E-state index is 12.3. The summed E-state index contributed by atoms with van der Waals surface area (Å²) in [5.41, 5.74) is 2.52. The maximum atomic E-state index is 12.3. The molecular formula is C23H24ClN7O2. The van der Waals surface area contributed by atoms with E-state index in [1.165, 1.54) is 6.20 Å². The van der Waals surface area contributed by atoms with Gasteiger partial charge in [0.05, 0.1) is 40.9 Å². The van der Waals surface area contributed by atoms with Crippen LogP contribution >= 0.6 is 11.6 Å². The number of amides is 1. The first-order valence-electron chi connectivity index (χ1n) is 10.8. The third-order valence-corrected chi connectivity index (χ3v) is 5.73. The van der Waals surface area contributed by atoms with Crippen molar-refractivity contribution in [3.63, 3.8) is 0 Å². The normalized spacial score (nSPS) is 14.9. The van der Waals surface area contributed by atoms with Crippen LogP contribution in [0.5, 0.6) is 0 Å². The Hall–Kier alpha value is -3.48. The van der Waals surface area contributed by atoms with Gasteiger partial charge in [0, 0.05) is 30.5 Å². The number of nitrogens with zero attached hydrogens (tertiary/aromatic N) is 5. The first-order chi connectivity index (χ1) is 16.1. The first-order valence-corrected chi connectivity index (χ1v) is 11.2. The number of nitriles is 1. The molecule has 1 atom stereocenters. The van der Waals surface area contributed by atoms with Crippen molar-refractivity contribution < 1.29 is 9.53 Å². The number of rotatable bonds is 7. The number of ether oxygens (including phenoxy) is 1. The zero-order valence-electron chi connectivity index (χ0n) is 18.2. The van der Waals surface area contributed by atoms with E-state index in [1.54, 1.807) is 30.5 Å². The van der Waals surface area contributed by atoms with Crippen LogP contribution in [0.3, 0.4) is 0 Å². The number of benzene rings is 1. The topological polar surface area (TPSA) is 118 Å². The number of carbonyl (C=O) groups excluding carboxylic acids is 1. The van der Waals surface area contributed by atoms with Crippen LogP contribution < -0.4 is 10.6 Å². The van der Waals surface area contributed by atoms with Crippen LogP contribution in [0.25, 0.3) is 11.3 Å². The maximum Gasteiger partial charge on any atom is 0.252 e. The van der Waals surface area contributed by atoms with Crippen molar-refractivity contribution in [2.24, 2.45) is 0 Å². The molecule has 3 aromatic rings. The lowest BCUT2D eigenvalue weighted by Gasteiger charge is -2.22. The van der Waals surface area contributed by atoms with Gasteiger partial charge in [-0.05, 0) is 31.4 Å². The van der Waals surface area contributed by atoms with Crippen molar-refractivity contribution in [3.05, 3.63) is 53.4 Å². The zero-order valence-corrected chi connectivity index (χ0v) is 18.9. The van der Waals surface area contributed by atoms with E-state index in [0.29, 0.717) is 34.7 Å². The van der Waals surface area contributed by atoms with Gasteiger partial charge < -0.3 is 15.4 Å². The average molecular weight is 466 g/mol. The largest absolute Gasteiger partial charge is 0.381 e. The quantitative estimate of drug-likeness (QED) is 0.538. The highest BCUT2D eigenvalue weighted by Gasteiger charge is 2.17. The van der Waals surface area contributed by atoms with E-state index in [1.807, 2.05) is 17.8 Å². The molecule has 3 heterocycles. The molecule has 0 radical (unpaired) electrons. The van der Waals surface area contributed by atoms with E-state index in [0.717, 1.165) is 37.3 Å². The van der Waals surface area contributed by atoms with Crippen LogP contribution in [0.4, 0.5) is 11.6 Å². The summed E-state index contributed by atoms with van der Waals surface area (Å²) in [7, 11) is 0. The zero-order chi connectivity index (χ0) is 23.2. The molecule has 33 heavy (non-hydrogen) atoms. The summed E-state index contributed by atoms with van der Waals surface area (Å²) in [6.07, 6.45) is 7.63. The molecule has 0 aliphatic carbocycles. The van der Waals surface area contributed by atoms with Crippen molar-refractivity contribution in [1.82, 2.24) is 25.1 Å². The molecule has 10 heteroatoms. The Kier molecular flexibility index (Phi) is 7.17. The molecule has 1 aliphatic heterocycles. The molecule has 0 saturated carbocycles. The average Bonchev–Trinajstić information content (AvgIpc) is 3.33. The summed E-state index contributed by atoms with van der Waals surface area (Å²) in [5.74, 6) is 0.0928. The van der Waals surface area contributed by atoms with Crippen LogP contribution in [0.15, 0.2) is 42.9 Å². The predicted molar refractivity (Wildman–Crippen MR) is 124 cm³/mol. The monoisotopic (exact) mass is 465 g/mol. The third kappa shape index (κ3) is 5.48. The molecule has 1 aliphatic rings. The second-order valence-electron chi connectivity index (χ2n) is 7.71. The predicted octanol–water partition coefficient (Wildman–Crippen LogP) is 4.12. The SMILES string of the molecule is CCC(C#N)NC(=O)c1ccc(-c2nc(Nc3cnn(C4CCOCC4)c3)ncc2Cl)cc1. The Morgan fingerprint density at radius 3 is 2.76 bits per heavy atom. The first kappa shape index (κ1) is 22.7. The highest BCUT2D eigenvalue weighted by Crippen LogP contribution is 2.28. The Balaban J connectivity index is 1.48. The summed E-state index contributed by atoms with van der Waals surface area (Å²) >= 11 is 6.35. The van der Waals surface area contributed by atoms with Crippen molar-refractivity contribution in [2.45, 2.75) is 38.3 Å². The van der Waals surface area contributed by atoms with Gasteiger partial charge >= 0.3 is 0 Å². The minimum absolute atomic E-state index is 0.298. The van der Waals surface area contributed by atoms with Crippen molar-refractivity contribution in [3.8, 4) is 17.3 Å². The van der Waals surface area contributed by atoms with E-state index >= 15 is 0 Å². The van der Waals surface area contributed by atoms with E-state index in [4.69, 9.17) is 21.6 Å². The van der Waals surface area contributed by atoms with E-state index in [2.05, 4.69) is 31.8 Å². The molecule has 1 unspecified atom stereocenters. The molecule has 0 bridgehead atoms. The summed E-state index contributed by atoms with van der Waals surface area (Å²) in [6.45, 7) is 3.33. The van der Waals surface area contributed by atoms with Gasteiger partial charge in [-0.25, -0.2) is 9.97 Å². The number of carbonyl (C=O) groups is 1. The van der Waals surface area contributed by atoms with E-state index in [9.17, 15) is 4.79 Å². The molecule has 2 aromatic heterocycles. The van der Waals surface area contributed by atoms with Crippen LogP contribution in [0, 0.1) is 11.3 Å². The molecule has 1 amide bonds. The summed E-state index contributed by atoms with van der Waals surface area (Å²) in [6, 6.07) is 8.76. The van der Waals surface area contributed by atoms with Crippen molar-refractivity contribution in [2.75, 3.05) is 18.5 Å². The van der Waals surface area contributed by atoms with Crippen LogP contribution in [-0.2, 0) is 4.74 Å². The number of anilines is 2. The second-order valence-corrected chi connectivity index (χ2v) is 8.12. The molecule has 0 spiro atoms. The number of nitrogens with one attached hydrogen (secondary N) is 2. The van der Waals surface area contributed by atoms with Crippen LogP contribution in [0.2, 0.25) is 5.02 Å². The number of hydrogen-bond acceptors (Lipinski definition) is 7. The molecule has 1 saturated heterocycles. The smallest absolute Gasteiger partial charge is 0.252 e. The van der Waals surface area contributed by atoms with Gasteiger partial charge in [0.25, 0.3) is 5.91 Å².